The number of alkyl halides is 1. The van der Waals surface area contributed by atoms with Gasteiger partial charge in [-0.05, 0) is 32.9 Å². The molecule has 2 amide bonds. The molecular weight excluding hydrogens is 334 g/mol. The smallest absolute Gasteiger partial charge is 0.411 e. The number of hydrogen-bond acceptors (Lipinski definition) is 4. The van der Waals surface area contributed by atoms with E-state index in [1.54, 1.807) is 20.8 Å². The van der Waals surface area contributed by atoms with E-state index in [4.69, 9.17) is 9.47 Å². The van der Waals surface area contributed by atoms with Crippen molar-refractivity contribution in [3.63, 3.8) is 0 Å². The topological polar surface area (TPSA) is 67.9 Å². The predicted molar refractivity (Wildman–Crippen MR) is 87.8 cm³/mol. The van der Waals surface area contributed by atoms with Crippen LogP contribution < -0.4 is 10.1 Å². The summed E-state index contributed by atoms with van der Waals surface area (Å²) in [6, 6.07) is 3.20. The van der Waals surface area contributed by atoms with Crippen LogP contribution in [0.5, 0.6) is 5.75 Å². The molecule has 1 N–H and O–H groups in total. The Morgan fingerprint density at radius 3 is 2.60 bits per heavy atom. The van der Waals surface area contributed by atoms with Gasteiger partial charge in [0.2, 0.25) is 5.91 Å². The monoisotopic (exact) mass is 356 g/mol. The van der Waals surface area contributed by atoms with Gasteiger partial charge in [0.15, 0.2) is 11.6 Å². The summed E-state index contributed by atoms with van der Waals surface area (Å²) >= 11 is 0. The fourth-order valence-corrected chi connectivity index (χ4v) is 2.54. The van der Waals surface area contributed by atoms with E-state index in [2.05, 4.69) is 5.32 Å². The highest BCUT2D eigenvalue weighted by Crippen LogP contribution is 2.27. The zero-order valence-corrected chi connectivity index (χ0v) is 14.6. The number of carbonyl (C=O) groups excluding carboxylic acids is 2. The van der Waals surface area contributed by atoms with Crippen LogP contribution in [0.3, 0.4) is 0 Å². The van der Waals surface area contributed by atoms with E-state index in [-0.39, 0.29) is 24.4 Å². The third-order valence-corrected chi connectivity index (χ3v) is 3.62. The summed E-state index contributed by atoms with van der Waals surface area (Å²) in [5.41, 5.74) is -0.874. The van der Waals surface area contributed by atoms with Gasteiger partial charge in [0, 0.05) is 6.42 Å². The molecule has 2 atom stereocenters. The van der Waals surface area contributed by atoms with E-state index < -0.39 is 35.6 Å². The molecule has 138 valence electrons. The lowest BCUT2D eigenvalue weighted by Crippen LogP contribution is -2.45. The third kappa shape index (κ3) is 4.58. The van der Waals surface area contributed by atoms with Crippen molar-refractivity contribution in [2.24, 2.45) is 0 Å². The highest BCUT2D eigenvalue weighted by atomic mass is 19.1. The Kier molecular flexibility index (Phi) is 5.49. The molecule has 0 bridgehead atoms. The van der Waals surface area contributed by atoms with Gasteiger partial charge >= 0.3 is 6.09 Å². The summed E-state index contributed by atoms with van der Waals surface area (Å²) in [6.07, 6.45) is -2.30. The highest BCUT2D eigenvalue weighted by Gasteiger charge is 2.41. The van der Waals surface area contributed by atoms with E-state index in [9.17, 15) is 18.4 Å². The van der Waals surface area contributed by atoms with Crippen molar-refractivity contribution >= 4 is 17.7 Å². The first-order valence-electron chi connectivity index (χ1n) is 7.89. The Morgan fingerprint density at radius 2 is 2.00 bits per heavy atom. The van der Waals surface area contributed by atoms with Crippen molar-refractivity contribution in [2.45, 2.75) is 45.0 Å². The van der Waals surface area contributed by atoms with E-state index in [1.165, 1.54) is 25.3 Å². The van der Waals surface area contributed by atoms with Crippen molar-refractivity contribution in [1.82, 2.24) is 4.90 Å². The Hall–Kier alpha value is -2.38. The molecule has 0 radical (unpaired) electrons. The van der Waals surface area contributed by atoms with Crippen molar-refractivity contribution in [3.8, 4) is 5.75 Å². The number of methoxy groups -OCH3 is 1. The Balaban J connectivity index is 2.15. The van der Waals surface area contributed by atoms with Crippen LogP contribution >= 0.6 is 0 Å². The van der Waals surface area contributed by atoms with Crippen molar-refractivity contribution < 1.29 is 27.8 Å². The molecule has 6 nitrogen and oxygen atoms in total. The Labute approximate surface area is 145 Å². The minimum Gasteiger partial charge on any atom is -0.494 e. The van der Waals surface area contributed by atoms with Crippen molar-refractivity contribution in [1.29, 1.82) is 0 Å². The largest absolute Gasteiger partial charge is 0.494 e. The number of hydrogen-bond donors (Lipinski definition) is 1. The van der Waals surface area contributed by atoms with Crippen LogP contribution in [0.2, 0.25) is 0 Å². The average Bonchev–Trinajstić information content (AvgIpc) is 2.90. The number of ether oxygens (including phenoxy) is 2. The standard InChI is InChI=1S/C17H22F2N2O4/c1-17(2,3)25-16(23)21-9-10(18)8-12(21)15(22)20-11-6-5-7-13(24-4)14(11)19/h5-7,10,12H,8-9H2,1-4H3,(H,20,22)/t10-,12+/m1/s1. The van der Waals surface area contributed by atoms with Gasteiger partial charge in [0.25, 0.3) is 0 Å². The first kappa shape index (κ1) is 19.0. The fraction of sp³-hybridized carbons (Fsp3) is 0.529. The molecule has 0 saturated carbocycles. The summed E-state index contributed by atoms with van der Waals surface area (Å²) in [5, 5.41) is 2.39. The third-order valence-electron chi connectivity index (χ3n) is 3.62. The molecule has 1 aliphatic rings. The maximum atomic E-state index is 14.2. The summed E-state index contributed by atoms with van der Waals surface area (Å²) in [5.74, 6) is -1.45. The van der Waals surface area contributed by atoms with Gasteiger partial charge in [-0.25, -0.2) is 13.6 Å². The molecule has 0 spiro atoms. The maximum Gasteiger partial charge on any atom is 0.411 e. The zero-order chi connectivity index (χ0) is 18.8. The lowest BCUT2D eigenvalue weighted by atomic mass is 10.2. The molecule has 8 heteroatoms. The van der Waals surface area contributed by atoms with Crippen LogP contribution in [0.4, 0.5) is 19.3 Å². The molecule has 0 aromatic heterocycles. The van der Waals surface area contributed by atoms with Crippen LogP contribution in [0.25, 0.3) is 0 Å². The SMILES string of the molecule is COc1cccc(NC(=O)[C@@H]2C[C@@H](F)CN2C(=O)OC(C)(C)C)c1F. The molecule has 25 heavy (non-hydrogen) atoms. The van der Waals surface area contributed by atoms with Gasteiger partial charge in [-0.15, -0.1) is 0 Å². The summed E-state index contributed by atoms with van der Waals surface area (Å²) in [4.78, 5) is 25.7. The maximum absolute atomic E-state index is 14.2. The molecule has 1 aliphatic heterocycles. The van der Waals surface area contributed by atoms with Crippen LogP contribution in [0.15, 0.2) is 18.2 Å². The van der Waals surface area contributed by atoms with Gasteiger partial charge in [-0.1, -0.05) is 6.07 Å². The van der Waals surface area contributed by atoms with Crippen LogP contribution in [-0.4, -0.2) is 48.4 Å². The van der Waals surface area contributed by atoms with E-state index in [0.717, 1.165) is 4.90 Å². The van der Waals surface area contributed by atoms with Gasteiger partial charge in [-0.2, -0.15) is 0 Å². The molecule has 1 aromatic rings. The van der Waals surface area contributed by atoms with Crippen molar-refractivity contribution in [2.75, 3.05) is 19.0 Å². The summed E-state index contributed by atoms with van der Waals surface area (Å²) < 4.78 is 38.0. The van der Waals surface area contributed by atoms with Gasteiger partial charge in [-0.3, -0.25) is 9.69 Å². The number of halogens is 2. The molecule has 0 unspecified atom stereocenters. The number of carbonyl (C=O) groups is 2. The number of likely N-dealkylation sites (tertiary alicyclic amines) is 1. The quantitative estimate of drug-likeness (QED) is 0.904. The number of benzene rings is 1. The second-order valence-electron chi connectivity index (χ2n) is 6.79. The van der Waals surface area contributed by atoms with Gasteiger partial charge in [0.05, 0.1) is 19.3 Å². The molecule has 1 heterocycles. The Morgan fingerprint density at radius 1 is 1.32 bits per heavy atom. The minimum atomic E-state index is -1.35. The first-order chi connectivity index (χ1) is 11.6. The highest BCUT2D eigenvalue weighted by molar-refractivity contribution is 5.97. The van der Waals surface area contributed by atoms with E-state index in [0.29, 0.717) is 0 Å². The average molecular weight is 356 g/mol. The number of anilines is 1. The Bertz CT molecular complexity index is 661. The predicted octanol–water partition coefficient (Wildman–Crippen LogP) is 3.12. The van der Waals surface area contributed by atoms with Gasteiger partial charge < -0.3 is 14.8 Å². The lowest BCUT2D eigenvalue weighted by molar-refractivity contribution is -0.120. The molecule has 0 aliphatic carbocycles. The summed E-state index contributed by atoms with van der Waals surface area (Å²) in [6.45, 7) is 4.78. The van der Waals surface area contributed by atoms with Crippen LogP contribution in [0, 0.1) is 5.82 Å². The molecule has 2 rings (SSSR count). The molecule has 1 fully saturated rings. The second-order valence-corrected chi connectivity index (χ2v) is 6.79. The molecular formula is C17H22F2N2O4. The van der Waals surface area contributed by atoms with Crippen LogP contribution in [0.1, 0.15) is 27.2 Å². The first-order valence-corrected chi connectivity index (χ1v) is 7.89. The number of rotatable bonds is 3. The number of amides is 2. The fourth-order valence-electron chi connectivity index (χ4n) is 2.54. The number of nitrogens with one attached hydrogen (secondary N) is 1. The zero-order valence-electron chi connectivity index (χ0n) is 14.6. The normalized spacial score (nSPS) is 20.3. The lowest BCUT2D eigenvalue weighted by Gasteiger charge is -2.27. The molecule has 1 saturated heterocycles. The van der Waals surface area contributed by atoms with Crippen LogP contribution in [-0.2, 0) is 9.53 Å². The van der Waals surface area contributed by atoms with E-state index >= 15 is 0 Å². The van der Waals surface area contributed by atoms with Gasteiger partial charge in [0.1, 0.15) is 17.8 Å². The second kappa shape index (κ2) is 7.25. The van der Waals surface area contributed by atoms with Crippen molar-refractivity contribution in [3.05, 3.63) is 24.0 Å². The number of nitrogens with zero attached hydrogens (tertiary/aromatic N) is 1. The molecule has 1 aromatic carbocycles. The summed E-state index contributed by atoms with van der Waals surface area (Å²) in [7, 11) is 1.30. The van der Waals surface area contributed by atoms with E-state index in [1.807, 2.05) is 0 Å². The minimum absolute atomic E-state index is 0.0309.